The van der Waals surface area contributed by atoms with Crippen molar-refractivity contribution in [3.8, 4) is 6.07 Å². The minimum absolute atomic E-state index is 0.110. The Morgan fingerprint density at radius 1 is 1.48 bits per heavy atom. The molecule has 1 aromatic carbocycles. The van der Waals surface area contributed by atoms with Crippen molar-refractivity contribution < 1.29 is 14.8 Å². The fraction of sp³-hybridized carbons (Fsp3) is 0.316. The van der Waals surface area contributed by atoms with Crippen LogP contribution in [0.5, 0.6) is 0 Å². The summed E-state index contributed by atoms with van der Waals surface area (Å²) in [4.78, 5) is 35.7. The van der Waals surface area contributed by atoms with Crippen molar-refractivity contribution in [1.29, 1.82) is 5.26 Å². The smallest absolute Gasteiger partial charge is 0.270 e. The molecule has 2 N–H and O–H groups in total. The molecule has 0 saturated carbocycles. The number of aliphatic hydroxyl groups excluding tert-OH is 1. The maximum atomic E-state index is 12.7. The molecule has 2 rings (SSSR count). The van der Waals surface area contributed by atoms with Crippen molar-refractivity contribution in [2.24, 2.45) is 0 Å². The number of nitro benzene ring substituents is 1. The number of non-ortho nitro benzene ring substituents is 1. The van der Waals surface area contributed by atoms with E-state index in [9.17, 15) is 30.1 Å². The number of carbonyl (C=O) groups is 1. The highest BCUT2D eigenvalue weighted by atomic mass is 32.1. The summed E-state index contributed by atoms with van der Waals surface area (Å²) in [6, 6.07) is 7.64. The van der Waals surface area contributed by atoms with Crippen molar-refractivity contribution in [2.75, 3.05) is 6.61 Å². The van der Waals surface area contributed by atoms with Gasteiger partial charge < -0.3 is 10.4 Å². The van der Waals surface area contributed by atoms with Gasteiger partial charge in [0.15, 0.2) is 5.57 Å². The van der Waals surface area contributed by atoms with Gasteiger partial charge in [0.05, 0.1) is 21.6 Å². The molecule has 0 bridgehead atoms. The van der Waals surface area contributed by atoms with Crippen LogP contribution < -0.4 is 20.1 Å². The lowest BCUT2D eigenvalue weighted by Gasteiger charge is -2.22. The first-order valence-electron chi connectivity index (χ1n) is 8.67. The highest BCUT2D eigenvalue weighted by molar-refractivity contribution is 7.07. The third kappa shape index (κ3) is 4.96. The van der Waals surface area contributed by atoms with Crippen LogP contribution in [0.25, 0.3) is 11.6 Å². The zero-order valence-electron chi connectivity index (χ0n) is 16.1. The van der Waals surface area contributed by atoms with Gasteiger partial charge in [-0.25, -0.2) is 0 Å². The number of rotatable bonds is 6. The van der Waals surface area contributed by atoms with E-state index in [4.69, 9.17) is 0 Å². The van der Waals surface area contributed by atoms with Crippen LogP contribution in [0, 0.1) is 21.4 Å². The van der Waals surface area contributed by atoms with Gasteiger partial charge in [-0.15, -0.1) is 11.3 Å². The standard InChI is InChI=1S/C19H20N4O5S/c1-4-22-17(26)15(9-12-6-5-7-13(8-12)23(27)28)29-18(22)14(10-20)16(25)21-19(2,3)11-24/h5-9,24H,4,11H2,1-3H3,(H,21,25). The zero-order chi connectivity index (χ0) is 21.8. The lowest BCUT2D eigenvalue weighted by molar-refractivity contribution is -0.384. The molecule has 0 unspecified atom stereocenters. The predicted molar refractivity (Wildman–Crippen MR) is 108 cm³/mol. The molecule has 9 nitrogen and oxygen atoms in total. The molecule has 2 aromatic rings. The molecular formula is C19H20N4O5S. The molecule has 10 heteroatoms. The number of hydrogen-bond donors (Lipinski definition) is 2. The van der Waals surface area contributed by atoms with Crippen molar-refractivity contribution in [1.82, 2.24) is 9.88 Å². The number of thiazole rings is 1. The third-order valence-corrected chi connectivity index (χ3v) is 5.13. The van der Waals surface area contributed by atoms with E-state index in [1.54, 1.807) is 26.8 Å². The maximum Gasteiger partial charge on any atom is 0.270 e. The second-order valence-corrected chi connectivity index (χ2v) is 7.83. The topological polar surface area (TPSA) is 138 Å². The summed E-state index contributed by atoms with van der Waals surface area (Å²) in [5.41, 5.74) is -1.24. The molecule has 1 aromatic heterocycles. The average molecular weight is 416 g/mol. The van der Waals surface area contributed by atoms with Crippen LogP contribution in [0.15, 0.2) is 29.1 Å². The lowest BCUT2D eigenvalue weighted by atomic mass is 10.1. The Bertz CT molecular complexity index is 1170. The van der Waals surface area contributed by atoms with Crippen molar-refractivity contribution in [3.05, 3.63) is 59.5 Å². The molecule has 0 fully saturated rings. The summed E-state index contributed by atoms with van der Waals surface area (Å²) in [6.07, 6.45) is 1.49. The number of nitriles is 1. The Labute approximate surface area is 170 Å². The number of hydrogen-bond acceptors (Lipinski definition) is 7. The monoisotopic (exact) mass is 416 g/mol. The van der Waals surface area contributed by atoms with Crippen LogP contribution in [0.1, 0.15) is 26.3 Å². The maximum absolute atomic E-state index is 12.7. The minimum atomic E-state index is -0.939. The van der Waals surface area contributed by atoms with E-state index in [0.29, 0.717) is 5.56 Å². The Morgan fingerprint density at radius 2 is 2.17 bits per heavy atom. The Hall–Kier alpha value is -3.29. The molecule has 0 atom stereocenters. The van der Waals surface area contributed by atoms with E-state index in [0.717, 1.165) is 11.3 Å². The molecule has 29 heavy (non-hydrogen) atoms. The van der Waals surface area contributed by atoms with Crippen molar-refractivity contribution in [2.45, 2.75) is 32.9 Å². The second kappa shape index (κ2) is 8.81. The number of nitrogens with zero attached hydrogens (tertiary/aromatic N) is 3. The Kier molecular flexibility index (Phi) is 6.68. The highest BCUT2D eigenvalue weighted by Crippen LogP contribution is 2.13. The normalized spacial score (nSPS) is 13.0. The molecule has 1 heterocycles. The number of nitro groups is 1. The van der Waals surface area contributed by atoms with Gasteiger partial charge in [0.2, 0.25) is 0 Å². The third-order valence-electron chi connectivity index (χ3n) is 4.00. The van der Waals surface area contributed by atoms with Gasteiger partial charge in [0.1, 0.15) is 10.7 Å². The van der Waals surface area contributed by atoms with Gasteiger partial charge in [-0.3, -0.25) is 24.3 Å². The van der Waals surface area contributed by atoms with Gasteiger partial charge in [-0.05, 0) is 32.4 Å². The molecular weight excluding hydrogens is 396 g/mol. The van der Waals surface area contributed by atoms with E-state index in [2.05, 4.69) is 5.32 Å². The highest BCUT2D eigenvalue weighted by Gasteiger charge is 2.23. The van der Waals surface area contributed by atoms with E-state index in [-0.39, 0.29) is 33.6 Å². The molecule has 0 aliphatic heterocycles. The fourth-order valence-corrected chi connectivity index (χ4v) is 3.64. The van der Waals surface area contributed by atoms with Crippen LogP contribution in [0.2, 0.25) is 0 Å². The summed E-state index contributed by atoms with van der Waals surface area (Å²) >= 11 is 0.957. The van der Waals surface area contributed by atoms with Gasteiger partial charge in [-0.1, -0.05) is 12.1 Å². The van der Waals surface area contributed by atoms with E-state index < -0.39 is 21.9 Å². The van der Waals surface area contributed by atoms with E-state index in [1.807, 2.05) is 6.07 Å². The fourth-order valence-electron chi connectivity index (χ4n) is 2.48. The lowest BCUT2D eigenvalue weighted by Crippen LogP contribution is -2.47. The largest absolute Gasteiger partial charge is 0.394 e. The summed E-state index contributed by atoms with van der Waals surface area (Å²) in [5.74, 6) is -0.697. The molecule has 0 aliphatic carbocycles. The number of carbonyl (C=O) groups excluding carboxylic acids is 1. The summed E-state index contributed by atoms with van der Waals surface area (Å²) < 4.78 is 1.73. The number of benzene rings is 1. The minimum Gasteiger partial charge on any atom is -0.394 e. The molecule has 0 spiro atoms. The first kappa shape index (κ1) is 22.0. The van der Waals surface area contributed by atoms with Crippen LogP contribution in [0.3, 0.4) is 0 Å². The predicted octanol–water partition coefficient (Wildman–Crippen LogP) is 0.228. The van der Waals surface area contributed by atoms with E-state index >= 15 is 0 Å². The van der Waals surface area contributed by atoms with Crippen LogP contribution in [-0.4, -0.2) is 32.6 Å². The van der Waals surface area contributed by atoms with Crippen molar-refractivity contribution in [3.63, 3.8) is 0 Å². The van der Waals surface area contributed by atoms with Crippen molar-refractivity contribution >= 4 is 34.6 Å². The summed E-state index contributed by atoms with van der Waals surface area (Å²) in [6.45, 7) is 4.81. The molecule has 0 saturated heterocycles. The van der Waals surface area contributed by atoms with Gasteiger partial charge >= 0.3 is 0 Å². The Balaban J connectivity index is 2.70. The SMILES string of the molecule is CCn1c(=C(C#N)C(=O)NC(C)(C)CO)sc(=Cc2cccc([N+](=O)[O-])c2)c1=O. The molecule has 0 aliphatic rings. The van der Waals surface area contributed by atoms with E-state index in [1.165, 1.54) is 28.8 Å². The van der Waals surface area contributed by atoms with Crippen LogP contribution in [0.4, 0.5) is 5.69 Å². The summed E-state index contributed by atoms with van der Waals surface area (Å²) in [7, 11) is 0. The number of nitrogens with one attached hydrogen (secondary N) is 1. The molecule has 0 radical (unpaired) electrons. The number of aliphatic hydroxyl groups is 1. The quantitative estimate of drug-likeness (QED) is 0.511. The first-order valence-corrected chi connectivity index (χ1v) is 9.48. The van der Waals surface area contributed by atoms with Gasteiger partial charge in [-0.2, -0.15) is 5.26 Å². The Morgan fingerprint density at radius 3 is 2.72 bits per heavy atom. The van der Waals surface area contributed by atoms with Crippen LogP contribution in [-0.2, 0) is 11.3 Å². The first-order chi connectivity index (χ1) is 13.6. The number of amides is 1. The average Bonchev–Trinajstić information content (AvgIpc) is 2.97. The molecule has 152 valence electrons. The number of aromatic nitrogens is 1. The molecule has 1 amide bonds. The van der Waals surface area contributed by atoms with Gasteiger partial charge in [0.25, 0.3) is 17.2 Å². The second-order valence-electron chi connectivity index (χ2n) is 6.80. The van der Waals surface area contributed by atoms with Crippen LogP contribution >= 0.6 is 11.3 Å². The zero-order valence-corrected chi connectivity index (χ0v) is 16.9. The van der Waals surface area contributed by atoms with Gasteiger partial charge in [0, 0.05) is 18.7 Å². The summed E-state index contributed by atoms with van der Waals surface area (Å²) in [5, 5.41) is 32.4.